The molecule has 48 heavy (non-hydrogen) atoms. The fraction of sp³-hybridized carbons (Fsp3) is 0.316. The molecule has 0 saturated carbocycles. The van der Waals surface area contributed by atoms with Gasteiger partial charge < -0.3 is 19.7 Å². The van der Waals surface area contributed by atoms with Gasteiger partial charge in [-0.1, -0.05) is 85.6 Å². The number of rotatable bonds is 16. The average molecular weight is 672 g/mol. The third-order valence-corrected chi connectivity index (χ3v) is 10.0. The number of sulfonamides is 1. The predicted octanol–water partition coefficient (Wildman–Crippen LogP) is 6.07. The summed E-state index contributed by atoms with van der Waals surface area (Å²) in [6.45, 7) is 5.86. The predicted molar refractivity (Wildman–Crippen MR) is 189 cm³/mol. The molecule has 0 aromatic heterocycles. The second-order valence-corrected chi connectivity index (χ2v) is 13.5. The van der Waals surface area contributed by atoms with E-state index in [4.69, 9.17) is 9.47 Å². The molecule has 0 bridgehead atoms. The van der Waals surface area contributed by atoms with Crippen LogP contribution >= 0.6 is 0 Å². The van der Waals surface area contributed by atoms with E-state index in [0.717, 1.165) is 39.4 Å². The summed E-state index contributed by atoms with van der Waals surface area (Å²) in [6.07, 6.45) is 1.93. The molecule has 4 aromatic rings. The fourth-order valence-corrected chi connectivity index (χ4v) is 6.78. The number of nitrogens with zero attached hydrogens (tertiary/aromatic N) is 2. The van der Waals surface area contributed by atoms with E-state index in [1.807, 2.05) is 75.4 Å². The molecule has 0 fully saturated rings. The van der Waals surface area contributed by atoms with Crippen LogP contribution in [-0.2, 0) is 32.6 Å². The molecule has 0 heterocycles. The van der Waals surface area contributed by atoms with Crippen LogP contribution in [0.15, 0.2) is 102 Å². The number of hydrogen-bond acceptors (Lipinski definition) is 6. The van der Waals surface area contributed by atoms with Crippen molar-refractivity contribution in [3.8, 4) is 11.5 Å². The molecular formula is C38H45N3O6S. The number of carbonyl (C=O) groups excluding carboxylic acids is 2. The van der Waals surface area contributed by atoms with Crippen LogP contribution < -0.4 is 19.1 Å². The van der Waals surface area contributed by atoms with Gasteiger partial charge in [-0.3, -0.25) is 13.9 Å². The summed E-state index contributed by atoms with van der Waals surface area (Å²) in [6, 6.07) is 27.4. The molecule has 1 N–H and O–H groups in total. The first kappa shape index (κ1) is 36.0. The second kappa shape index (κ2) is 16.8. The topological polar surface area (TPSA) is 105 Å². The van der Waals surface area contributed by atoms with Gasteiger partial charge in [0.2, 0.25) is 11.8 Å². The number of ether oxygens (including phenoxy) is 2. The Bertz CT molecular complexity index is 1780. The van der Waals surface area contributed by atoms with Crippen molar-refractivity contribution in [1.82, 2.24) is 10.2 Å². The van der Waals surface area contributed by atoms with E-state index < -0.39 is 28.5 Å². The molecule has 254 valence electrons. The van der Waals surface area contributed by atoms with Crippen LogP contribution in [0.1, 0.15) is 42.0 Å². The Balaban J connectivity index is 1.84. The van der Waals surface area contributed by atoms with Gasteiger partial charge in [0.1, 0.15) is 12.6 Å². The van der Waals surface area contributed by atoms with Crippen LogP contribution in [0.5, 0.6) is 11.5 Å². The molecule has 0 aliphatic heterocycles. The third-order valence-electron chi connectivity index (χ3n) is 8.25. The van der Waals surface area contributed by atoms with E-state index in [2.05, 4.69) is 5.32 Å². The summed E-state index contributed by atoms with van der Waals surface area (Å²) in [5.74, 6) is -0.114. The van der Waals surface area contributed by atoms with Crippen molar-refractivity contribution in [2.24, 2.45) is 0 Å². The van der Waals surface area contributed by atoms with E-state index in [9.17, 15) is 18.0 Å². The standard InChI is InChI=1S/C38H45N3O6S/c1-6-7-23-39-38(43)34(24-30-14-9-8-10-15-30)40(26-31-16-12-11-13-29(31)3)37(42)27-41(32-19-22-35(46-4)36(25-32)47-5)48(44,45)33-20-17-28(2)18-21-33/h8-22,25,34H,6-7,23-24,26-27H2,1-5H3,(H,39,43)/t34-/m1/s1. The Morgan fingerprint density at radius 2 is 1.50 bits per heavy atom. The molecule has 0 radical (unpaired) electrons. The number of hydrogen-bond donors (Lipinski definition) is 1. The number of aryl methyl sites for hydroxylation is 2. The maximum Gasteiger partial charge on any atom is 0.264 e. The molecular weight excluding hydrogens is 627 g/mol. The average Bonchev–Trinajstić information content (AvgIpc) is 3.09. The van der Waals surface area contributed by atoms with Crippen LogP contribution in [0.25, 0.3) is 0 Å². The van der Waals surface area contributed by atoms with Gasteiger partial charge in [0.15, 0.2) is 11.5 Å². The van der Waals surface area contributed by atoms with Crippen LogP contribution in [0.4, 0.5) is 5.69 Å². The second-order valence-electron chi connectivity index (χ2n) is 11.7. The summed E-state index contributed by atoms with van der Waals surface area (Å²) >= 11 is 0. The van der Waals surface area contributed by atoms with E-state index in [1.54, 1.807) is 24.3 Å². The van der Waals surface area contributed by atoms with Gasteiger partial charge in [-0.25, -0.2) is 8.42 Å². The lowest BCUT2D eigenvalue weighted by atomic mass is 10.0. The Morgan fingerprint density at radius 1 is 0.833 bits per heavy atom. The number of anilines is 1. The van der Waals surface area contributed by atoms with Crippen LogP contribution in [0.2, 0.25) is 0 Å². The van der Waals surface area contributed by atoms with Crippen LogP contribution in [0.3, 0.4) is 0 Å². The first-order valence-corrected chi connectivity index (χ1v) is 17.5. The SMILES string of the molecule is CCCCNC(=O)[C@@H](Cc1ccccc1)N(Cc1ccccc1C)C(=O)CN(c1ccc(OC)c(OC)c1)S(=O)(=O)c1ccc(C)cc1. The van der Waals surface area contributed by atoms with Crippen molar-refractivity contribution in [3.05, 3.63) is 119 Å². The van der Waals surface area contributed by atoms with Crippen molar-refractivity contribution in [2.75, 3.05) is 31.6 Å². The Labute approximate surface area is 284 Å². The van der Waals surface area contributed by atoms with E-state index >= 15 is 0 Å². The first-order valence-electron chi connectivity index (χ1n) is 16.1. The van der Waals surface area contributed by atoms with Gasteiger partial charge in [-0.15, -0.1) is 0 Å². The van der Waals surface area contributed by atoms with Gasteiger partial charge in [-0.05, 0) is 61.2 Å². The minimum atomic E-state index is -4.26. The number of carbonyl (C=O) groups is 2. The summed E-state index contributed by atoms with van der Waals surface area (Å²) < 4.78 is 40.6. The van der Waals surface area contributed by atoms with Gasteiger partial charge in [0.25, 0.3) is 10.0 Å². The number of methoxy groups -OCH3 is 2. The van der Waals surface area contributed by atoms with E-state index in [-0.39, 0.29) is 29.5 Å². The highest BCUT2D eigenvalue weighted by Crippen LogP contribution is 2.34. The lowest BCUT2D eigenvalue weighted by Crippen LogP contribution is -2.53. The normalized spacial score (nSPS) is 11.8. The molecule has 0 unspecified atom stereocenters. The molecule has 0 aliphatic carbocycles. The van der Waals surface area contributed by atoms with Gasteiger partial charge in [-0.2, -0.15) is 0 Å². The Hall–Kier alpha value is -4.83. The molecule has 4 rings (SSSR count). The molecule has 9 nitrogen and oxygen atoms in total. The lowest BCUT2D eigenvalue weighted by molar-refractivity contribution is -0.140. The maximum atomic E-state index is 14.7. The van der Waals surface area contributed by atoms with Crippen molar-refractivity contribution in [2.45, 2.75) is 57.5 Å². The molecule has 10 heteroatoms. The van der Waals surface area contributed by atoms with Crippen molar-refractivity contribution < 1.29 is 27.5 Å². The first-order chi connectivity index (χ1) is 23.1. The fourth-order valence-electron chi connectivity index (χ4n) is 5.38. The third kappa shape index (κ3) is 8.95. The highest BCUT2D eigenvalue weighted by atomic mass is 32.2. The van der Waals surface area contributed by atoms with E-state index in [0.29, 0.717) is 18.0 Å². The minimum absolute atomic E-state index is 0.0271. The van der Waals surface area contributed by atoms with Crippen molar-refractivity contribution in [1.29, 1.82) is 0 Å². The van der Waals surface area contributed by atoms with Gasteiger partial charge >= 0.3 is 0 Å². The molecule has 0 saturated heterocycles. The zero-order valence-electron chi connectivity index (χ0n) is 28.3. The number of amides is 2. The summed E-state index contributed by atoms with van der Waals surface area (Å²) in [4.78, 5) is 30.2. The van der Waals surface area contributed by atoms with Crippen LogP contribution in [0, 0.1) is 13.8 Å². The van der Waals surface area contributed by atoms with Gasteiger partial charge in [0.05, 0.1) is 24.8 Å². The number of nitrogens with one attached hydrogen (secondary N) is 1. The van der Waals surface area contributed by atoms with Gasteiger partial charge in [0, 0.05) is 25.6 Å². The van der Waals surface area contributed by atoms with E-state index in [1.165, 1.54) is 37.3 Å². The minimum Gasteiger partial charge on any atom is -0.493 e. The highest BCUT2D eigenvalue weighted by molar-refractivity contribution is 7.92. The smallest absolute Gasteiger partial charge is 0.264 e. The zero-order valence-corrected chi connectivity index (χ0v) is 29.1. The molecule has 4 aromatic carbocycles. The molecule has 1 atom stereocenters. The highest BCUT2D eigenvalue weighted by Gasteiger charge is 2.35. The number of benzene rings is 4. The molecule has 0 aliphatic rings. The number of unbranched alkanes of at least 4 members (excludes halogenated alkanes) is 1. The summed E-state index contributed by atoms with van der Waals surface area (Å²) in [5.41, 5.74) is 3.78. The van der Waals surface area contributed by atoms with Crippen LogP contribution in [-0.4, -0.2) is 58.5 Å². The Kier molecular flexibility index (Phi) is 12.6. The lowest BCUT2D eigenvalue weighted by Gasteiger charge is -2.34. The maximum absolute atomic E-state index is 14.7. The summed E-state index contributed by atoms with van der Waals surface area (Å²) in [5, 5.41) is 3.02. The molecule has 0 spiro atoms. The largest absolute Gasteiger partial charge is 0.493 e. The molecule has 2 amide bonds. The monoisotopic (exact) mass is 671 g/mol. The zero-order chi connectivity index (χ0) is 34.7. The quantitative estimate of drug-likeness (QED) is 0.145. The van der Waals surface area contributed by atoms with Crippen molar-refractivity contribution >= 4 is 27.5 Å². The Morgan fingerprint density at radius 3 is 2.15 bits per heavy atom. The summed E-state index contributed by atoms with van der Waals surface area (Å²) in [7, 11) is -1.31. The van der Waals surface area contributed by atoms with Crippen molar-refractivity contribution in [3.63, 3.8) is 0 Å².